The molecule has 1 spiro atoms. The molecule has 0 aromatic rings. The van der Waals surface area contributed by atoms with Crippen LogP contribution in [0.1, 0.15) is 45.4 Å². The van der Waals surface area contributed by atoms with Crippen LogP contribution in [0.3, 0.4) is 0 Å². The molecule has 2 fully saturated rings. The van der Waals surface area contributed by atoms with Crippen molar-refractivity contribution < 1.29 is 9.53 Å². The van der Waals surface area contributed by atoms with E-state index in [0.29, 0.717) is 0 Å². The number of ether oxygens (including phenoxy) is 1. The summed E-state index contributed by atoms with van der Waals surface area (Å²) in [4.78, 5) is 11.8. The van der Waals surface area contributed by atoms with Gasteiger partial charge in [0.2, 0.25) is 0 Å². The predicted molar refractivity (Wildman–Crippen MR) is 67.7 cm³/mol. The lowest BCUT2D eigenvalue weighted by atomic mass is 9.64. The molecule has 0 radical (unpaired) electrons. The van der Waals surface area contributed by atoms with Crippen molar-refractivity contribution in [3.8, 4) is 0 Å². The quantitative estimate of drug-likeness (QED) is 0.768. The molecule has 1 saturated carbocycles. The average Bonchev–Trinajstić information content (AvgIpc) is 2.75. The second-order valence-corrected chi connectivity index (χ2v) is 5.80. The van der Waals surface area contributed by atoms with Gasteiger partial charge in [-0.2, -0.15) is 0 Å². The van der Waals surface area contributed by atoms with E-state index in [-0.39, 0.29) is 17.3 Å². The summed E-state index contributed by atoms with van der Waals surface area (Å²) in [5, 5.41) is 3.39. The fourth-order valence-corrected chi connectivity index (χ4v) is 3.76. The first-order valence-electron chi connectivity index (χ1n) is 7.00. The minimum Gasteiger partial charge on any atom is -0.469 e. The van der Waals surface area contributed by atoms with Crippen LogP contribution in [-0.2, 0) is 9.53 Å². The first-order chi connectivity index (χ1) is 8.22. The summed E-state index contributed by atoms with van der Waals surface area (Å²) in [6.07, 6.45) is 7.63. The topological polar surface area (TPSA) is 38.3 Å². The van der Waals surface area contributed by atoms with E-state index in [4.69, 9.17) is 4.74 Å². The van der Waals surface area contributed by atoms with Gasteiger partial charge in [-0.15, -0.1) is 0 Å². The number of carbonyl (C=O) groups is 1. The Hall–Kier alpha value is -0.570. The van der Waals surface area contributed by atoms with Crippen LogP contribution in [0.25, 0.3) is 0 Å². The summed E-state index contributed by atoms with van der Waals surface area (Å²) in [6.45, 7) is 4.08. The molecule has 0 amide bonds. The van der Waals surface area contributed by atoms with E-state index in [1.165, 1.54) is 45.6 Å². The zero-order valence-electron chi connectivity index (χ0n) is 11.1. The number of rotatable bonds is 3. The maximum Gasteiger partial charge on any atom is 0.310 e. The lowest BCUT2D eigenvalue weighted by Crippen LogP contribution is -2.39. The monoisotopic (exact) mass is 239 g/mol. The van der Waals surface area contributed by atoms with Crippen molar-refractivity contribution in [2.45, 2.75) is 45.4 Å². The van der Waals surface area contributed by atoms with E-state index in [1.54, 1.807) is 0 Å². The molecular weight excluding hydrogens is 214 g/mol. The molecule has 2 aliphatic rings. The molecule has 1 aliphatic heterocycles. The first-order valence-corrected chi connectivity index (χ1v) is 7.00. The van der Waals surface area contributed by atoms with Gasteiger partial charge in [0.05, 0.1) is 13.0 Å². The lowest BCUT2D eigenvalue weighted by molar-refractivity contribution is -0.149. The fourth-order valence-electron chi connectivity index (χ4n) is 3.76. The zero-order valence-corrected chi connectivity index (χ0v) is 11.1. The molecule has 1 N–H and O–H groups in total. The number of carbonyl (C=O) groups excluding carboxylic acids is 1. The average molecular weight is 239 g/mol. The van der Waals surface area contributed by atoms with Crippen LogP contribution in [0.2, 0.25) is 0 Å². The van der Waals surface area contributed by atoms with Crippen LogP contribution in [0.5, 0.6) is 0 Å². The number of nitrogens with one attached hydrogen (secondary N) is 1. The van der Waals surface area contributed by atoms with Crippen LogP contribution < -0.4 is 5.32 Å². The third kappa shape index (κ3) is 2.49. The summed E-state index contributed by atoms with van der Waals surface area (Å²) in [7, 11) is 1.51. The zero-order chi connectivity index (χ0) is 12.3. The molecular formula is C14H25NO2. The smallest absolute Gasteiger partial charge is 0.310 e. The van der Waals surface area contributed by atoms with E-state index in [2.05, 4.69) is 12.2 Å². The lowest BCUT2D eigenvalue weighted by Gasteiger charge is -2.39. The number of methoxy groups -OCH3 is 1. The summed E-state index contributed by atoms with van der Waals surface area (Å²) in [5.41, 5.74) is 0.206. The van der Waals surface area contributed by atoms with Crippen LogP contribution in [0.15, 0.2) is 0 Å². The molecule has 0 bridgehead atoms. The van der Waals surface area contributed by atoms with Gasteiger partial charge in [0.1, 0.15) is 0 Å². The van der Waals surface area contributed by atoms with Crippen molar-refractivity contribution >= 4 is 5.97 Å². The Morgan fingerprint density at radius 2 is 2.12 bits per heavy atom. The summed E-state index contributed by atoms with van der Waals surface area (Å²) < 4.78 is 4.96. The Morgan fingerprint density at radius 3 is 2.71 bits per heavy atom. The predicted octanol–water partition coefficient (Wildman–Crippen LogP) is 2.36. The molecule has 1 atom stereocenters. The van der Waals surface area contributed by atoms with Crippen LogP contribution in [0.4, 0.5) is 0 Å². The van der Waals surface area contributed by atoms with Gasteiger partial charge in [-0.25, -0.2) is 0 Å². The highest BCUT2D eigenvalue weighted by atomic mass is 16.5. The van der Waals surface area contributed by atoms with E-state index < -0.39 is 0 Å². The van der Waals surface area contributed by atoms with Gasteiger partial charge in [-0.1, -0.05) is 19.8 Å². The van der Waals surface area contributed by atoms with Gasteiger partial charge in [0.25, 0.3) is 0 Å². The van der Waals surface area contributed by atoms with Crippen molar-refractivity contribution in [3.63, 3.8) is 0 Å². The second kappa shape index (κ2) is 5.38. The fraction of sp³-hybridized carbons (Fsp3) is 0.929. The van der Waals surface area contributed by atoms with Crippen molar-refractivity contribution in [1.29, 1.82) is 0 Å². The standard InChI is InChI=1S/C14H25NO2/c1-3-4-11-5-7-14(8-6-11)10-15-9-12(14)13(16)17-2/h11-12,15H,3-10H2,1-2H3. The van der Waals surface area contributed by atoms with Crippen molar-refractivity contribution in [3.05, 3.63) is 0 Å². The normalized spacial score (nSPS) is 37.3. The van der Waals surface area contributed by atoms with Gasteiger partial charge in [0.15, 0.2) is 0 Å². The number of hydrogen-bond donors (Lipinski definition) is 1. The Labute approximate surface area is 104 Å². The second-order valence-electron chi connectivity index (χ2n) is 5.80. The van der Waals surface area contributed by atoms with Gasteiger partial charge >= 0.3 is 5.97 Å². The maximum atomic E-state index is 11.8. The molecule has 3 nitrogen and oxygen atoms in total. The minimum atomic E-state index is -0.0102. The number of esters is 1. The highest BCUT2D eigenvalue weighted by Gasteiger charge is 2.48. The van der Waals surface area contributed by atoms with Crippen molar-refractivity contribution in [1.82, 2.24) is 5.32 Å². The number of hydrogen-bond acceptors (Lipinski definition) is 3. The molecule has 98 valence electrons. The van der Waals surface area contributed by atoms with Crippen LogP contribution in [0, 0.1) is 17.3 Å². The SMILES string of the molecule is CCCC1CCC2(CC1)CNCC2C(=O)OC. The molecule has 1 heterocycles. The molecule has 1 aliphatic carbocycles. The molecule has 1 unspecified atom stereocenters. The van der Waals surface area contributed by atoms with Gasteiger partial charge in [-0.05, 0) is 37.0 Å². The van der Waals surface area contributed by atoms with Crippen molar-refractivity contribution in [2.75, 3.05) is 20.2 Å². The summed E-state index contributed by atoms with van der Waals surface area (Å²) in [5.74, 6) is 0.975. The Bertz CT molecular complexity index is 269. The Morgan fingerprint density at radius 1 is 1.41 bits per heavy atom. The molecule has 0 aromatic carbocycles. The highest BCUT2D eigenvalue weighted by Crippen LogP contribution is 2.47. The summed E-state index contributed by atoms with van der Waals surface area (Å²) >= 11 is 0. The first kappa shape index (κ1) is 12.9. The Balaban J connectivity index is 1.98. The van der Waals surface area contributed by atoms with Gasteiger partial charge in [-0.3, -0.25) is 4.79 Å². The van der Waals surface area contributed by atoms with Crippen LogP contribution in [-0.4, -0.2) is 26.2 Å². The highest BCUT2D eigenvalue weighted by molar-refractivity contribution is 5.74. The summed E-state index contributed by atoms with van der Waals surface area (Å²) in [6, 6.07) is 0. The molecule has 0 aromatic heterocycles. The van der Waals surface area contributed by atoms with E-state index in [1.807, 2.05) is 0 Å². The molecule has 3 heteroatoms. The molecule has 1 saturated heterocycles. The van der Waals surface area contributed by atoms with Crippen molar-refractivity contribution in [2.24, 2.45) is 17.3 Å². The molecule has 2 rings (SSSR count). The third-order valence-electron chi connectivity index (χ3n) is 4.85. The maximum absolute atomic E-state index is 11.8. The van der Waals surface area contributed by atoms with Gasteiger partial charge < -0.3 is 10.1 Å². The molecule has 17 heavy (non-hydrogen) atoms. The van der Waals surface area contributed by atoms with Gasteiger partial charge in [0, 0.05) is 13.1 Å². The Kier molecular flexibility index (Phi) is 4.08. The minimum absolute atomic E-state index is 0.0102. The third-order valence-corrected chi connectivity index (χ3v) is 4.85. The largest absolute Gasteiger partial charge is 0.469 e. The van der Waals surface area contributed by atoms with Crippen LogP contribution >= 0.6 is 0 Å². The van der Waals surface area contributed by atoms with E-state index in [9.17, 15) is 4.79 Å². The van der Waals surface area contributed by atoms with E-state index in [0.717, 1.165) is 19.0 Å². The van der Waals surface area contributed by atoms with E-state index >= 15 is 0 Å².